The van der Waals surface area contributed by atoms with Gasteiger partial charge in [-0.15, -0.1) is 11.6 Å². The number of nitrogens with zero attached hydrogens (tertiary/aromatic N) is 3. The normalized spacial score (nSPS) is 11.6. The van der Waals surface area contributed by atoms with Crippen LogP contribution in [0.3, 0.4) is 0 Å². The quantitative estimate of drug-likeness (QED) is 0.503. The molecule has 21 heavy (non-hydrogen) atoms. The molecular weight excluding hydrogens is 294 g/mol. The first-order valence-electron chi connectivity index (χ1n) is 6.16. The van der Waals surface area contributed by atoms with Crippen molar-refractivity contribution in [1.82, 2.24) is 15.0 Å². The van der Waals surface area contributed by atoms with Gasteiger partial charge in [-0.1, -0.05) is 12.1 Å². The van der Waals surface area contributed by atoms with Crippen LogP contribution in [0, 0.1) is 0 Å². The molecule has 2 aromatic rings. The minimum atomic E-state index is -0.768. The van der Waals surface area contributed by atoms with E-state index >= 15 is 0 Å². The predicted octanol–water partition coefficient (Wildman–Crippen LogP) is 1.18. The number of rotatable bonds is 4. The summed E-state index contributed by atoms with van der Waals surface area (Å²) in [6.07, 6.45) is 0. The number of nitrogens with one attached hydrogen (secondary N) is 1. The van der Waals surface area contributed by atoms with Gasteiger partial charge in [-0.25, -0.2) is 15.2 Å². The molecule has 0 spiro atoms. The average Bonchev–Trinajstić information content (AvgIpc) is 2.47. The fourth-order valence-corrected chi connectivity index (χ4v) is 2.10. The van der Waals surface area contributed by atoms with Gasteiger partial charge in [-0.3, -0.25) is 9.36 Å². The molecule has 0 saturated carbocycles. The van der Waals surface area contributed by atoms with Crippen molar-refractivity contribution in [2.45, 2.75) is 19.3 Å². The lowest BCUT2D eigenvalue weighted by Crippen LogP contribution is -2.30. The number of hydrazone groups is 1. The van der Waals surface area contributed by atoms with Crippen LogP contribution >= 0.6 is 11.6 Å². The molecule has 0 unspecified atom stereocenters. The predicted molar refractivity (Wildman–Crippen MR) is 81.4 cm³/mol. The number of amides is 2. The number of primary amides is 1. The number of hydrogen-bond donors (Lipinski definition) is 2. The van der Waals surface area contributed by atoms with Crippen molar-refractivity contribution in [2.75, 3.05) is 0 Å². The van der Waals surface area contributed by atoms with Gasteiger partial charge in [-0.2, -0.15) is 5.10 Å². The van der Waals surface area contributed by atoms with Crippen LogP contribution in [0.1, 0.15) is 12.7 Å². The molecule has 0 aliphatic carbocycles. The fraction of sp³-hybridized carbons (Fsp3) is 0.231. The van der Waals surface area contributed by atoms with E-state index in [1.807, 2.05) is 0 Å². The molecule has 7 nitrogen and oxygen atoms in total. The van der Waals surface area contributed by atoms with Gasteiger partial charge < -0.3 is 5.73 Å². The summed E-state index contributed by atoms with van der Waals surface area (Å²) in [6.45, 7) is 1.83. The molecule has 0 saturated heterocycles. The van der Waals surface area contributed by atoms with Gasteiger partial charge in [0.15, 0.2) is 0 Å². The Morgan fingerprint density at radius 2 is 2.19 bits per heavy atom. The van der Waals surface area contributed by atoms with Crippen LogP contribution in [-0.2, 0) is 12.4 Å². The first-order valence-corrected chi connectivity index (χ1v) is 6.69. The van der Waals surface area contributed by atoms with Crippen molar-refractivity contribution in [3.05, 3.63) is 40.4 Å². The number of para-hydroxylation sites is 1. The van der Waals surface area contributed by atoms with E-state index in [2.05, 4.69) is 15.5 Å². The molecule has 1 aromatic carbocycles. The second-order valence-corrected chi connectivity index (χ2v) is 4.66. The highest BCUT2D eigenvalue weighted by Gasteiger charge is 2.10. The zero-order valence-electron chi connectivity index (χ0n) is 11.3. The van der Waals surface area contributed by atoms with Gasteiger partial charge in [0, 0.05) is 0 Å². The number of carbonyl (C=O) groups excluding carboxylic acids is 1. The van der Waals surface area contributed by atoms with Crippen LogP contribution in [-0.4, -0.2) is 21.3 Å². The Morgan fingerprint density at radius 1 is 1.48 bits per heavy atom. The number of alkyl halides is 1. The zero-order chi connectivity index (χ0) is 15.4. The maximum atomic E-state index is 12.5. The lowest BCUT2D eigenvalue weighted by atomic mass is 10.2. The molecular formula is C13H14ClN5O2. The molecule has 110 valence electrons. The van der Waals surface area contributed by atoms with E-state index in [-0.39, 0.29) is 18.0 Å². The van der Waals surface area contributed by atoms with Gasteiger partial charge in [0.2, 0.25) is 0 Å². The number of carbonyl (C=O) groups is 1. The third-order valence-electron chi connectivity index (χ3n) is 2.80. The molecule has 1 heterocycles. The molecule has 0 radical (unpaired) electrons. The first-order chi connectivity index (χ1) is 10.0. The largest absolute Gasteiger partial charge is 0.350 e. The van der Waals surface area contributed by atoms with Gasteiger partial charge >= 0.3 is 6.03 Å². The summed E-state index contributed by atoms with van der Waals surface area (Å²) < 4.78 is 1.43. The Bertz CT molecular complexity index is 769. The number of nitrogens with two attached hydrogens (primary N) is 1. The number of fused-ring (bicyclic) bond motifs is 1. The maximum Gasteiger partial charge on any atom is 0.332 e. The van der Waals surface area contributed by atoms with E-state index in [1.165, 1.54) is 4.57 Å². The number of aromatic nitrogens is 2. The van der Waals surface area contributed by atoms with Crippen molar-refractivity contribution in [3.8, 4) is 0 Å². The van der Waals surface area contributed by atoms with Crippen molar-refractivity contribution >= 4 is 34.2 Å². The number of benzene rings is 1. The van der Waals surface area contributed by atoms with Gasteiger partial charge in [0.1, 0.15) is 5.82 Å². The van der Waals surface area contributed by atoms with E-state index < -0.39 is 6.03 Å². The maximum absolute atomic E-state index is 12.5. The van der Waals surface area contributed by atoms with Crippen molar-refractivity contribution in [1.29, 1.82) is 0 Å². The number of urea groups is 1. The Labute approximate surface area is 125 Å². The van der Waals surface area contributed by atoms with Crippen LogP contribution in [0.2, 0.25) is 0 Å². The van der Waals surface area contributed by atoms with E-state index in [0.717, 1.165) is 0 Å². The zero-order valence-corrected chi connectivity index (χ0v) is 12.1. The molecule has 0 fully saturated rings. The van der Waals surface area contributed by atoms with Crippen molar-refractivity contribution in [3.63, 3.8) is 0 Å². The second kappa shape index (κ2) is 6.36. The van der Waals surface area contributed by atoms with E-state index in [0.29, 0.717) is 22.4 Å². The van der Waals surface area contributed by atoms with Crippen LogP contribution in [0.4, 0.5) is 4.79 Å². The van der Waals surface area contributed by atoms with E-state index in [4.69, 9.17) is 17.3 Å². The van der Waals surface area contributed by atoms with Gasteiger partial charge in [-0.05, 0) is 19.1 Å². The average molecular weight is 308 g/mol. The van der Waals surface area contributed by atoms with Crippen LogP contribution in [0.25, 0.3) is 10.9 Å². The van der Waals surface area contributed by atoms with Gasteiger partial charge in [0.05, 0.1) is 29.0 Å². The topological polar surface area (TPSA) is 102 Å². The highest BCUT2D eigenvalue weighted by Crippen LogP contribution is 2.09. The lowest BCUT2D eigenvalue weighted by Gasteiger charge is -2.11. The summed E-state index contributed by atoms with van der Waals surface area (Å²) in [4.78, 5) is 27.5. The standard InChI is InChI=1S/C13H14ClN5O2/c1-8(17-18-13(15)21)7-19-11(6-14)16-10-5-3-2-4-9(10)12(19)20/h2-5H,6-7H2,1H3,(H3,15,18,21)/b17-8-. The Kier molecular flexibility index (Phi) is 4.54. The molecule has 0 bridgehead atoms. The fourth-order valence-electron chi connectivity index (χ4n) is 1.89. The minimum Gasteiger partial charge on any atom is -0.350 e. The Morgan fingerprint density at radius 3 is 2.86 bits per heavy atom. The smallest absolute Gasteiger partial charge is 0.332 e. The lowest BCUT2D eigenvalue weighted by molar-refractivity contribution is 0.249. The highest BCUT2D eigenvalue weighted by molar-refractivity contribution is 6.16. The molecule has 2 amide bonds. The molecule has 0 aliphatic heterocycles. The van der Waals surface area contributed by atoms with Crippen molar-refractivity contribution < 1.29 is 4.79 Å². The summed E-state index contributed by atoms with van der Waals surface area (Å²) in [5.41, 5.74) is 7.95. The number of halogens is 1. The second-order valence-electron chi connectivity index (χ2n) is 4.39. The molecule has 0 atom stereocenters. The minimum absolute atomic E-state index is 0.0939. The third-order valence-corrected chi connectivity index (χ3v) is 3.04. The molecule has 1 aromatic heterocycles. The SMILES string of the molecule is C/C(Cn1c(CCl)nc2ccccc2c1=O)=N/NC(N)=O. The van der Waals surface area contributed by atoms with Gasteiger partial charge in [0.25, 0.3) is 5.56 Å². The third kappa shape index (κ3) is 3.38. The van der Waals surface area contributed by atoms with Crippen LogP contribution in [0.5, 0.6) is 0 Å². The summed E-state index contributed by atoms with van der Waals surface area (Å²) in [7, 11) is 0. The summed E-state index contributed by atoms with van der Waals surface area (Å²) >= 11 is 5.86. The molecule has 2 rings (SSSR count). The monoisotopic (exact) mass is 307 g/mol. The molecule has 0 aliphatic rings. The number of hydrogen-bond acceptors (Lipinski definition) is 4. The molecule has 3 N–H and O–H groups in total. The van der Waals surface area contributed by atoms with E-state index in [9.17, 15) is 9.59 Å². The first kappa shape index (κ1) is 15.0. The Balaban J connectivity index is 2.47. The van der Waals surface area contributed by atoms with Crippen molar-refractivity contribution in [2.24, 2.45) is 10.8 Å². The summed E-state index contributed by atoms with van der Waals surface area (Å²) in [6, 6.07) is 6.27. The highest BCUT2D eigenvalue weighted by atomic mass is 35.5. The molecule has 8 heteroatoms. The summed E-state index contributed by atoms with van der Waals surface area (Å²) in [5.74, 6) is 0.533. The van der Waals surface area contributed by atoms with Crippen LogP contribution < -0.4 is 16.7 Å². The summed E-state index contributed by atoms with van der Waals surface area (Å²) in [5, 5.41) is 4.28. The van der Waals surface area contributed by atoms with E-state index in [1.54, 1.807) is 31.2 Å². The van der Waals surface area contributed by atoms with Crippen LogP contribution in [0.15, 0.2) is 34.2 Å². The Hall–Kier alpha value is -2.41.